The smallest absolute Gasteiger partial charge is 0.258 e. The van der Waals surface area contributed by atoms with E-state index in [-0.39, 0.29) is 11.9 Å². The van der Waals surface area contributed by atoms with Crippen molar-refractivity contribution in [3.05, 3.63) is 83.4 Å². The molecule has 5 nitrogen and oxygen atoms in total. The van der Waals surface area contributed by atoms with Crippen LogP contribution in [0.2, 0.25) is 0 Å². The molecular weight excluding hydrogens is 388 g/mol. The molecule has 158 valence electrons. The maximum Gasteiger partial charge on any atom is 0.258 e. The van der Waals surface area contributed by atoms with E-state index < -0.39 is 0 Å². The van der Waals surface area contributed by atoms with Gasteiger partial charge in [0, 0.05) is 30.0 Å². The number of carbonyl (C=O) groups excluding carboxylic acids is 1. The summed E-state index contributed by atoms with van der Waals surface area (Å²) in [6.07, 6.45) is 1.97. The van der Waals surface area contributed by atoms with E-state index in [0.29, 0.717) is 23.6 Å². The van der Waals surface area contributed by atoms with Crippen LogP contribution >= 0.6 is 0 Å². The number of hydrogen-bond acceptors (Lipinski definition) is 4. The number of hydrogen-bond donors (Lipinski definition) is 0. The SMILES string of the molecule is COc1ccc(C(=O)N2CCC(N3CCc4ccccc43)c3ccccc32)cc1OC. The second kappa shape index (κ2) is 7.99. The van der Waals surface area contributed by atoms with E-state index in [1.165, 1.54) is 16.8 Å². The van der Waals surface area contributed by atoms with E-state index in [1.807, 2.05) is 11.0 Å². The van der Waals surface area contributed by atoms with Gasteiger partial charge in [-0.05, 0) is 54.3 Å². The van der Waals surface area contributed by atoms with Crippen molar-refractivity contribution >= 4 is 17.3 Å². The Morgan fingerprint density at radius 1 is 0.871 bits per heavy atom. The minimum atomic E-state index is -0.0197. The number of anilines is 2. The van der Waals surface area contributed by atoms with Gasteiger partial charge >= 0.3 is 0 Å². The van der Waals surface area contributed by atoms with Crippen LogP contribution in [0.5, 0.6) is 11.5 Å². The fourth-order valence-corrected chi connectivity index (χ4v) is 4.89. The fourth-order valence-electron chi connectivity index (χ4n) is 4.89. The van der Waals surface area contributed by atoms with Gasteiger partial charge in [-0.2, -0.15) is 0 Å². The van der Waals surface area contributed by atoms with Crippen molar-refractivity contribution < 1.29 is 14.3 Å². The quantitative estimate of drug-likeness (QED) is 0.612. The number of para-hydroxylation sites is 2. The lowest BCUT2D eigenvalue weighted by Gasteiger charge is -2.39. The molecule has 2 aliphatic rings. The number of benzene rings is 3. The molecule has 1 atom stereocenters. The zero-order chi connectivity index (χ0) is 21.4. The van der Waals surface area contributed by atoms with Gasteiger partial charge in [0.05, 0.1) is 20.3 Å². The summed E-state index contributed by atoms with van der Waals surface area (Å²) in [7, 11) is 3.18. The maximum absolute atomic E-state index is 13.5. The summed E-state index contributed by atoms with van der Waals surface area (Å²) in [6.45, 7) is 1.69. The van der Waals surface area contributed by atoms with Crippen molar-refractivity contribution in [1.29, 1.82) is 0 Å². The number of amides is 1. The molecule has 2 heterocycles. The molecule has 0 aliphatic carbocycles. The predicted molar refractivity (Wildman–Crippen MR) is 123 cm³/mol. The van der Waals surface area contributed by atoms with Gasteiger partial charge in [-0.25, -0.2) is 0 Å². The Bertz CT molecular complexity index is 1130. The van der Waals surface area contributed by atoms with E-state index in [9.17, 15) is 4.79 Å². The number of nitrogens with zero attached hydrogens (tertiary/aromatic N) is 2. The largest absolute Gasteiger partial charge is 0.493 e. The van der Waals surface area contributed by atoms with Crippen molar-refractivity contribution in [2.75, 3.05) is 37.1 Å². The van der Waals surface area contributed by atoms with Crippen LogP contribution in [0.3, 0.4) is 0 Å². The molecule has 3 aromatic carbocycles. The Morgan fingerprint density at radius 2 is 1.61 bits per heavy atom. The van der Waals surface area contributed by atoms with Gasteiger partial charge in [0.1, 0.15) is 0 Å². The average molecular weight is 415 g/mol. The highest BCUT2D eigenvalue weighted by Crippen LogP contribution is 2.43. The lowest BCUT2D eigenvalue weighted by Crippen LogP contribution is -2.41. The van der Waals surface area contributed by atoms with Crippen LogP contribution in [-0.2, 0) is 6.42 Å². The molecule has 0 bridgehead atoms. The Morgan fingerprint density at radius 3 is 2.42 bits per heavy atom. The second-order valence-corrected chi connectivity index (χ2v) is 7.96. The predicted octanol–water partition coefficient (Wildman–Crippen LogP) is 4.86. The van der Waals surface area contributed by atoms with E-state index in [1.54, 1.807) is 32.4 Å². The van der Waals surface area contributed by atoms with Crippen molar-refractivity contribution in [2.45, 2.75) is 18.9 Å². The molecule has 2 aliphatic heterocycles. The van der Waals surface area contributed by atoms with Crippen molar-refractivity contribution in [2.24, 2.45) is 0 Å². The highest BCUT2D eigenvalue weighted by molar-refractivity contribution is 6.07. The third-order valence-corrected chi connectivity index (χ3v) is 6.39. The molecule has 0 radical (unpaired) electrons. The molecule has 0 spiro atoms. The molecule has 5 rings (SSSR count). The first-order chi connectivity index (χ1) is 15.2. The molecule has 31 heavy (non-hydrogen) atoms. The van der Waals surface area contributed by atoms with Crippen LogP contribution in [0.15, 0.2) is 66.7 Å². The van der Waals surface area contributed by atoms with Gasteiger partial charge in [-0.3, -0.25) is 4.79 Å². The van der Waals surface area contributed by atoms with Crippen molar-refractivity contribution in [3.63, 3.8) is 0 Å². The first-order valence-corrected chi connectivity index (χ1v) is 10.7. The number of fused-ring (bicyclic) bond motifs is 2. The Labute approximate surface area is 182 Å². The van der Waals surface area contributed by atoms with Crippen LogP contribution in [0.4, 0.5) is 11.4 Å². The fraction of sp³-hybridized carbons (Fsp3) is 0.269. The molecule has 0 saturated heterocycles. The highest BCUT2D eigenvalue weighted by atomic mass is 16.5. The molecule has 0 N–H and O–H groups in total. The summed E-state index contributed by atoms with van der Waals surface area (Å²) >= 11 is 0. The first kappa shape index (κ1) is 19.5. The monoisotopic (exact) mass is 414 g/mol. The van der Waals surface area contributed by atoms with E-state index >= 15 is 0 Å². The minimum absolute atomic E-state index is 0.0197. The molecule has 1 unspecified atom stereocenters. The molecule has 3 aromatic rings. The van der Waals surface area contributed by atoms with E-state index in [0.717, 1.165) is 25.1 Å². The Balaban J connectivity index is 1.48. The summed E-state index contributed by atoms with van der Waals surface area (Å²) in [6, 6.07) is 22.6. The lowest BCUT2D eigenvalue weighted by molar-refractivity contribution is 0.0983. The zero-order valence-corrected chi connectivity index (χ0v) is 17.9. The molecule has 1 amide bonds. The third-order valence-electron chi connectivity index (χ3n) is 6.39. The highest BCUT2D eigenvalue weighted by Gasteiger charge is 2.34. The van der Waals surface area contributed by atoms with Gasteiger partial charge in [0.15, 0.2) is 11.5 Å². The van der Waals surface area contributed by atoms with Gasteiger partial charge in [0.2, 0.25) is 0 Å². The van der Waals surface area contributed by atoms with Crippen LogP contribution in [0, 0.1) is 0 Å². The maximum atomic E-state index is 13.5. The minimum Gasteiger partial charge on any atom is -0.493 e. The summed E-state index contributed by atoms with van der Waals surface area (Å²) in [5, 5.41) is 0. The molecule has 5 heteroatoms. The van der Waals surface area contributed by atoms with E-state index in [2.05, 4.69) is 47.4 Å². The zero-order valence-electron chi connectivity index (χ0n) is 17.9. The van der Waals surface area contributed by atoms with Crippen molar-refractivity contribution in [3.8, 4) is 11.5 Å². The van der Waals surface area contributed by atoms with Gasteiger partial charge in [-0.1, -0.05) is 36.4 Å². The summed E-state index contributed by atoms with van der Waals surface area (Å²) in [4.78, 5) is 17.9. The number of carbonyl (C=O) groups is 1. The summed E-state index contributed by atoms with van der Waals surface area (Å²) < 4.78 is 10.7. The normalized spacial score (nSPS) is 17.2. The lowest BCUT2D eigenvalue weighted by atomic mass is 9.94. The van der Waals surface area contributed by atoms with E-state index in [4.69, 9.17) is 9.47 Å². The topological polar surface area (TPSA) is 42.0 Å². The number of rotatable bonds is 4. The average Bonchev–Trinajstić information content (AvgIpc) is 3.26. The van der Waals surface area contributed by atoms with Gasteiger partial charge in [-0.15, -0.1) is 0 Å². The summed E-state index contributed by atoms with van der Waals surface area (Å²) in [5.74, 6) is 1.16. The second-order valence-electron chi connectivity index (χ2n) is 7.96. The molecule has 0 saturated carbocycles. The van der Waals surface area contributed by atoms with Crippen LogP contribution in [0.1, 0.15) is 33.9 Å². The first-order valence-electron chi connectivity index (χ1n) is 10.7. The molecule has 0 aromatic heterocycles. The van der Waals surface area contributed by atoms with Crippen LogP contribution < -0.4 is 19.3 Å². The van der Waals surface area contributed by atoms with Crippen LogP contribution in [-0.4, -0.2) is 33.2 Å². The number of methoxy groups -OCH3 is 2. The van der Waals surface area contributed by atoms with Crippen molar-refractivity contribution in [1.82, 2.24) is 0 Å². The number of ether oxygens (including phenoxy) is 2. The Kier molecular flexibility index (Phi) is 5.02. The third kappa shape index (κ3) is 3.30. The van der Waals surface area contributed by atoms with Crippen LogP contribution in [0.25, 0.3) is 0 Å². The Hall–Kier alpha value is -3.47. The van der Waals surface area contributed by atoms with Gasteiger partial charge < -0.3 is 19.3 Å². The molecule has 0 fully saturated rings. The standard InChI is InChI=1S/C26H26N2O3/c1-30-24-12-11-19(17-25(24)31-2)26(29)28-16-14-23(20-8-4-6-10-22(20)28)27-15-13-18-7-3-5-9-21(18)27/h3-12,17,23H,13-16H2,1-2H3. The summed E-state index contributed by atoms with van der Waals surface area (Å²) in [5.41, 5.74) is 5.52. The molecular formula is C26H26N2O3. The van der Waals surface area contributed by atoms with Gasteiger partial charge in [0.25, 0.3) is 5.91 Å².